The molecule has 2 N–H and O–H groups in total. The topological polar surface area (TPSA) is 49.3 Å². The zero-order chi connectivity index (χ0) is 11.7. The Kier molecular flexibility index (Phi) is 9.35. The van der Waals surface area contributed by atoms with Crippen molar-refractivity contribution >= 4 is 10.8 Å². The SMILES string of the molecule is CCCCS(=O)CC(O)CNCC(C)C. The van der Waals surface area contributed by atoms with Crippen LogP contribution in [-0.2, 0) is 10.8 Å². The molecule has 0 spiro atoms. The first-order valence-electron chi connectivity index (χ1n) is 5.80. The van der Waals surface area contributed by atoms with E-state index in [4.69, 9.17) is 0 Å². The highest BCUT2D eigenvalue weighted by Crippen LogP contribution is 1.95. The van der Waals surface area contributed by atoms with E-state index in [-0.39, 0.29) is 0 Å². The summed E-state index contributed by atoms with van der Waals surface area (Å²) < 4.78 is 11.4. The normalized spacial score (nSPS) is 15.5. The number of nitrogens with one attached hydrogen (secondary N) is 1. The van der Waals surface area contributed by atoms with Crippen molar-refractivity contribution in [3.05, 3.63) is 0 Å². The molecule has 0 aromatic rings. The van der Waals surface area contributed by atoms with Gasteiger partial charge >= 0.3 is 0 Å². The molecule has 0 rings (SSSR count). The first-order chi connectivity index (χ1) is 7.06. The summed E-state index contributed by atoms with van der Waals surface area (Å²) in [6, 6.07) is 0. The van der Waals surface area contributed by atoms with Gasteiger partial charge in [0, 0.05) is 23.1 Å². The van der Waals surface area contributed by atoms with Crippen molar-refractivity contribution in [3.8, 4) is 0 Å². The standard InChI is InChI=1S/C11H25NO2S/c1-4-5-6-15(14)9-11(13)8-12-7-10(2)3/h10-13H,4-9H2,1-3H3. The minimum Gasteiger partial charge on any atom is -0.391 e. The zero-order valence-corrected chi connectivity index (χ0v) is 11.0. The lowest BCUT2D eigenvalue weighted by Gasteiger charge is -2.12. The molecule has 0 fully saturated rings. The summed E-state index contributed by atoms with van der Waals surface area (Å²) >= 11 is 0. The Balaban J connectivity index is 3.46. The maximum Gasteiger partial charge on any atom is 0.0779 e. The van der Waals surface area contributed by atoms with Crippen LogP contribution < -0.4 is 5.32 Å². The zero-order valence-electron chi connectivity index (χ0n) is 10.2. The summed E-state index contributed by atoms with van der Waals surface area (Å²) in [6.45, 7) is 7.78. The second-order valence-corrected chi connectivity index (χ2v) is 5.99. The van der Waals surface area contributed by atoms with Gasteiger partial charge in [-0.05, 0) is 18.9 Å². The highest BCUT2D eigenvalue weighted by Gasteiger charge is 2.08. The van der Waals surface area contributed by atoms with Gasteiger partial charge < -0.3 is 10.4 Å². The number of unbranched alkanes of at least 4 members (excludes halogenated alkanes) is 1. The summed E-state index contributed by atoms with van der Waals surface area (Å²) in [6.07, 6.45) is 1.58. The molecule has 92 valence electrons. The van der Waals surface area contributed by atoms with Crippen molar-refractivity contribution in [1.82, 2.24) is 5.32 Å². The van der Waals surface area contributed by atoms with E-state index in [2.05, 4.69) is 26.1 Å². The number of hydrogen-bond donors (Lipinski definition) is 2. The lowest BCUT2D eigenvalue weighted by Crippen LogP contribution is -2.33. The Labute approximate surface area is 96.1 Å². The lowest BCUT2D eigenvalue weighted by molar-refractivity contribution is 0.193. The van der Waals surface area contributed by atoms with Crippen LogP contribution in [0.1, 0.15) is 33.6 Å². The van der Waals surface area contributed by atoms with Crippen LogP contribution in [0.25, 0.3) is 0 Å². The van der Waals surface area contributed by atoms with Crippen LogP contribution in [0.4, 0.5) is 0 Å². The van der Waals surface area contributed by atoms with E-state index in [0.29, 0.717) is 18.2 Å². The van der Waals surface area contributed by atoms with E-state index in [1.165, 1.54) is 0 Å². The number of aliphatic hydroxyl groups is 1. The van der Waals surface area contributed by atoms with Gasteiger partial charge in [-0.3, -0.25) is 4.21 Å². The smallest absolute Gasteiger partial charge is 0.0779 e. The van der Waals surface area contributed by atoms with Gasteiger partial charge in [-0.15, -0.1) is 0 Å². The van der Waals surface area contributed by atoms with Crippen molar-refractivity contribution < 1.29 is 9.32 Å². The molecule has 3 nitrogen and oxygen atoms in total. The Morgan fingerprint density at radius 2 is 2.00 bits per heavy atom. The minimum absolute atomic E-state index is 0.408. The van der Waals surface area contributed by atoms with Crippen LogP contribution in [0.2, 0.25) is 0 Å². The Morgan fingerprint density at radius 1 is 1.33 bits per heavy atom. The average Bonchev–Trinajstić information content (AvgIpc) is 2.14. The quantitative estimate of drug-likeness (QED) is 0.630. The molecule has 0 bridgehead atoms. The fourth-order valence-corrected chi connectivity index (χ4v) is 2.53. The lowest BCUT2D eigenvalue weighted by atomic mass is 10.2. The van der Waals surface area contributed by atoms with E-state index in [1.54, 1.807) is 0 Å². The van der Waals surface area contributed by atoms with Gasteiger partial charge in [0.25, 0.3) is 0 Å². The predicted molar refractivity (Wildman–Crippen MR) is 66.5 cm³/mol. The second-order valence-electron chi connectivity index (χ2n) is 4.37. The fraction of sp³-hybridized carbons (Fsp3) is 1.00. The second kappa shape index (κ2) is 9.31. The van der Waals surface area contributed by atoms with Gasteiger partial charge in [0.15, 0.2) is 0 Å². The van der Waals surface area contributed by atoms with Crippen LogP contribution in [0.5, 0.6) is 0 Å². The highest BCUT2D eigenvalue weighted by molar-refractivity contribution is 7.85. The molecule has 2 atom stereocenters. The van der Waals surface area contributed by atoms with Gasteiger partial charge in [0.2, 0.25) is 0 Å². The molecular formula is C11H25NO2S. The van der Waals surface area contributed by atoms with Crippen LogP contribution in [0, 0.1) is 5.92 Å². The molecule has 0 amide bonds. The molecule has 4 heteroatoms. The van der Waals surface area contributed by atoms with Gasteiger partial charge in [-0.1, -0.05) is 27.2 Å². The van der Waals surface area contributed by atoms with E-state index in [9.17, 15) is 9.32 Å². The van der Waals surface area contributed by atoms with E-state index < -0.39 is 16.9 Å². The molecule has 0 aromatic carbocycles. The Morgan fingerprint density at radius 3 is 2.53 bits per heavy atom. The van der Waals surface area contributed by atoms with Gasteiger partial charge in [-0.2, -0.15) is 0 Å². The molecule has 2 unspecified atom stereocenters. The molecule has 0 aliphatic rings. The van der Waals surface area contributed by atoms with Crippen LogP contribution in [0.15, 0.2) is 0 Å². The van der Waals surface area contributed by atoms with Crippen LogP contribution >= 0.6 is 0 Å². The summed E-state index contributed by atoms with van der Waals surface area (Å²) in [5, 5.41) is 12.7. The van der Waals surface area contributed by atoms with Crippen molar-refractivity contribution in [1.29, 1.82) is 0 Å². The maximum absolute atomic E-state index is 11.4. The molecular weight excluding hydrogens is 210 g/mol. The van der Waals surface area contributed by atoms with E-state index in [1.807, 2.05) is 0 Å². The van der Waals surface area contributed by atoms with E-state index >= 15 is 0 Å². The first kappa shape index (κ1) is 15.1. The van der Waals surface area contributed by atoms with Crippen LogP contribution in [0.3, 0.4) is 0 Å². The van der Waals surface area contributed by atoms with Crippen molar-refractivity contribution in [3.63, 3.8) is 0 Å². The number of hydrogen-bond acceptors (Lipinski definition) is 3. The monoisotopic (exact) mass is 235 g/mol. The Hall–Kier alpha value is 0.0700. The summed E-state index contributed by atoms with van der Waals surface area (Å²) in [4.78, 5) is 0. The van der Waals surface area contributed by atoms with Crippen molar-refractivity contribution in [2.75, 3.05) is 24.6 Å². The van der Waals surface area contributed by atoms with Crippen molar-refractivity contribution in [2.24, 2.45) is 5.92 Å². The molecule has 0 saturated carbocycles. The van der Waals surface area contributed by atoms with Crippen molar-refractivity contribution in [2.45, 2.75) is 39.7 Å². The fourth-order valence-electron chi connectivity index (χ4n) is 1.20. The summed E-state index contributed by atoms with van der Waals surface area (Å²) in [5.74, 6) is 1.71. The summed E-state index contributed by atoms with van der Waals surface area (Å²) in [7, 11) is -0.854. The third kappa shape index (κ3) is 10.4. The molecule has 0 radical (unpaired) electrons. The average molecular weight is 235 g/mol. The molecule has 0 heterocycles. The van der Waals surface area contributed by atoms with Gasteiger partial charge in [-0.25, -0.2) is 0 Å². The minimum atomic E-state index is -0.854. The highest BCUT2D eigenvalue weighted by atomic mass is 32.2. The van der Waals surface area contributed by atoms with E-state index in [0.717, 1.165) is 25.1 Å². The Bertz CT molecular complexity index is 174. The molecule has 0 aliphatic heterocycles. The van der Waals surface area contributed by atoms with Crippen LogP contribution in [-0.4, -0.2) is 40.0 Å². The third-order valence-corrected chi connectivity index (χ3v) is 3.54. The molecule has 0 aromatic heterocycles. The predicted octanol–water partition coefficient (Wildman–Crippen LogP) is 1.14. The maximum atomic E-state index is 11.4. The summed E-state index contributed by atoms with van der Waals surface area (Å²) in [5.41, 5.74) is 0. The largest absolute Gasteiger partial charge is 0.391 e. The molecule has 0 aliphatic carbocycles. The number of rotatable bonds is 9. The number of aliphatic hydroxyl groups excluding tert-OH is 1. The third-order valence-electron chi connectivity index (χ3n) is 2.04. The molecule has 0 saturated heterocycles. The van der Waals surface area contributed by atoms with Gasteiger partial charge in [0.05, 0.1) is 11.9 Å². The molecule has 15 heavy (non-hydrogen) atoms. The first-order valence-corrected chi connectivity index (χ1v) is 7.28. The van der Waals surface area contributed by atoms with Gasteiger partial charge in [0.1, 0.15) is 0 Å².